The van der Waals surface area contributed by atoms with E-state index in [0.717, 1.165) is 15.0 Å². The number of anilines is 1. The van der Waals surface area contributed by atoms with Crippen LogP contribution in [0.2, 0.25) is 0 Å². The maximum atomic E-state index is 14.7. The molecule has 31 heavy (non-hydrogen) atoms. The second kappa shape index (κ2) is 8.90. The smallest absolute Gasteiger partial charge is 0.191 e. The van der Waals surface area contributed by atoms with E-state index in [9.17, 15) is 9.18 Å². The van der Waals surface area contributed by atoms with Crippen molar-refractivity contribution in [2.45, 2.75) is 12.1 Å². The summed E-state index contributed by atoms with van der Waals surface area (Å²) in [4.78, 5) is 20.3. The highest BCUT2D eigenvalue weighted by Gasteiger charge is 2.33. The average Bonchev–Trinajstić information content (AvgIpc) is 3.16. The Morgan fingerprint density at radius 3 is 2.71 bits per heavy atom. The number of rotatable bonds is 5. The molecular weight excluding hydrogens is 481 g/mol. The van der Waals surface area contributed by atoms with Gasteiger partial charge in [-0.25, -0.2) is 4.39 Å². The van der Waals surface area contributed by atoms with Gasteiger partial charge in [0.1, 0.15) is 11.6 Å². The van der Waals surface area contributed by atoms with Crippen LogP contribution >= 0.6 is 27.3 Å². The first-order valence-corrected chi connectivity index (χ1v) is 11.3. The van der Waals surface area contributed by atoms with Crippen molar-refractivity contribution in [3.63, 3.8) is 0 Å². The molecule has 0 amide bonds. The Morgan fingerprint density at radius 1 is 1.26 bits per heavy atom. The molecule has 4 rings (SSSR count). The van der Waals surface area contributed by atoms with Crippen LogP contribution in [0.25, 0.3) is 0 Å². The van der Waals surface area contributed by atoms with Crippen LogP contribution in [0.5, 0.6) is 5.75 Å². The third-order valence-corrected chi connectivity index (χ3v) is 7.07. The Hall–Kier alpha value is -2.55. The predicted molar refractivity (Wildman–Crippen MR) is 126 cm³/mol. The maximum Gasteiger partial charge on any atom is 0.191 e. The number of Topliss-reactive ketones (excluding diaryl/α,β-unsaturated/α-hetero) is 1. The van der Waals surface area contributed by atoms with Crippen molar-refractivity contribution in [1.82, 2.24) is 0 Å². The summed E-state index contributed by atoms with van der Waals surface area (Å²) >= 11 is 4.74. The molecule has 2 heterocycles. The Balaban J connectivity index is 1.80. The molecule has 3 aromatic rings. The molecule has 0 radical (unpaired) electrons. The van der Waals surface area contributed by atoms with E-state index in [0.29, 0.717) is 21.9 Å². The zero-order chi connectivity index (χ0) is 22.1. The van der Waals surface area contributed by atoms with Crippen LogP contribution < -0.4 is 15.4 Å². The van der Waals surface area contributed by atoms with Crippen LogP contribution in [0, 0.1) is 5.82 Å². The highest BCUT2D eigenvalue weighted by atomic mass is 79.9. The number of hydrogen-bond donors (Lipinski definition) is 1. The van der Waals surface area contributed by atoms with Crippen LogP contribution in [0.4, 0.5) is 10.1 Å². The van der Waals surface area contributed by atoms with E-state index in [-0.39, 0.29) is 18.1 Å². The Labute approximate surface area is 192 Å². The fraction of sp³-hybridized carbons (Fsp3) is 0.217. The van der Waals surface area contributed by atoms with Gasteiger partial charge in [0.15, 0.2) is 5.78 Å². The normalized spacial score (nSPS) is 16.9. The van der Waals surface area contributed by atoms with Gasteiger partial charge in [-0.3, -0.25) is 9.79 Å². The Bertz CT molecular complexity index is 1160. The summed E-state index contributed by atoms with van der Waals surface area (Å²) < 4.78 is 20.9. The largest absolute Gasteiger partial charge is 0.497 e. The molecule has 0 bridgehead atoms. The van der Waals surface area contributed by atoms with E-state index in [2.05, 4.69) is 15.9 Å². The van der Waals surface area contributed by atoms with E-state index in [1.54, 1.807) is 31.4 Å². The molecule has 0 saturated carbocycles. The minimum Gasteiger partial charge on any atom is -0.497 e. The van der Waals surface area contributed by atoms with Gasteiger partial charge in [-0.05, 0) is 52.3 Å². The van der Waals surface area contributed by atoms with Gasteiger partial charge in [0.05, 0.1) is 40.1 Å². The predicted octanol–water partition coefficient (Wildman–Crippen LogP) is 4.52. The van der Waals surface area contributed by atoms with E-state index in [1.165, 1.54) is 17.4 Å². The van der Waals surface area contributed by atoms with Gasteiger partial charge >= 0.3 is 0 Å². The average molecular weight is 502 g/mol. The summed E-state index contributed by atoms with van der Waals surface area (Å²) in [6, 6.07) is 14.5. The van der Waals surface area contributed by atoms with Gasteiger partial charge in [-0.1, -0.05) is 12.1 Å². The highest BCUT2D eigenvalue weighted by molar-refractivity contribution is 9.11. The first-order valence-electron chi connectivity index (χ1n) is 9.66. The molecular formula is C23H21BrFN3O2S. The Kier molecular flexibility index (Phi) is 6.22. The van der Waals surface area contributed by atoms with Crippen LogP contribution in [-0.4, -0.2) is 44.3 Å². The number of nitrogens with two attached hydrogens (primary N) is 1. The second-order valence-corrected chi connectivity index (χ2v) is 9.69. The molecule has 8 heteroatoms. The second-order valence-electron chi connectivity index (χ2n) is 7.22. The SMILES string of the molecule is COc1ccc2c(c1)N(C)C(C(N)C(=O)c1ccc(Br)s1)CN=C2c1ccccc1F. The van der Waals surface area contributed by atoms with Crippen molar-refractivity contribution in [1.29, 1.82) is 0 Å². The number of benzodiazepines with no additional fused rings is 1. The zero-order valence-electron chi connectivity index (χ0n) is 17.0. The lowest BCUT2D eigenvalue weighted by molar-refractivity contribution is 0.0954. The zero-order valence-corrected chi connectivity index (χ0v) is 19.4. The number of aliphatic imine (C=N–C) groups is 1. The summed E-state index contributed by atoms with van der Waals surface area (Å²) in [5, 5.41) is 0. The molecule has 0 spiro atoms. The van der Waals surface area contributed by atoms with Crippen LogP contribution in [0.15, 0.2) is 63.4 Å². The summed E-state index contributed by atoms with van der Waals surface area (Å²) in [5.74, 6) is 0.149. The molecule has 0 aliphatic carbocycles. The van der Waals surface area contributed by atoms with Crippen molar-refractivity contribution in [2.75, 3.05) is 25.6 Å². The number of fused-ring (bicyclic) bond motifs is 1. The molecule has 1 aliphatic rings. The van der Waals surface area contributed by atoms with E-state index < -0.39 is 12.1 Å². The number of carbonyl (C=O) groups is 1. The summed E-state index contributed by atoms with van der Waals surface area (Å²) in [6.07, 6.45) is 0. The lowest BCUT2D eigenvalue weighted by atomic mass is 9.98. The molecule has 1 aliphatic heterocycles. The summed E-state index contributed by atoms with van der Waals surface area (Å²) in [7, 11) is 3.46. The van der Waals surface area contributed by atoms with Gasteiger partial charge in [-0.15, -0.1) is 11.3 Å². The lowest BCUT2D eigenvalue weighted by Crippen LogP contribution is -2.52. The monoisotopic (exact) mass is 501 g/mol. The number of likely N-dealkylation sites (N-methyl/N-ethyl adjacent to an activating group) is 1. The number of thiophene rings is 1. The number of halogens is 2. The standard InChI is InChI=1S/C23H21BrFN3O2S/c1-28-17-11-13(30-2)7-8-15(17)22(14-5-3-4-6-16(14)25)27-12-18(28)21(26)23(29)19-9-10-20(24)31-19/h3-11,18,21H,12,26H2,1-2H3. The minimum absolute atomic E-state index is 0.151. The van der Waals surface area contributed by atoms with Gasteiger partial charge in [0, 0.05) is 29.9 Å². The van der Waals surface area contributed by atoms with E-state index >= 15 is 0 Å². The molecule has 160 valence electrons. The van der Waals surface area contributed by atoms with Gasteiger partial charge in [0.2, 0.25) is 0 Å². The van der Waals surface area contributed by atoms with Crippen molar-refractivity contribution < 1.29 is 13.9 Å². The van der Waals surface area contributed by atoms with Crippen molar-refractivity contribution >= 4 is 44.4 Å². The van der Waals surface area contributed by atoms with E-state index in [1.807, 2.05) is 36.2 Å². The van der Waals surface area contributed by atoms with Gasteiger partial charge < -0.3 is 15.4 Å². The molecule has 2 unspecified atom stereocenters. The van der Waals surface area contributed by atoms with Gasteiger partial charge in [0.25, 0.3) is 0 Å². The number of nitrogens with zero attached hydrogens (tertiary/aromatic N) is 2. The molecule has 2 atom stereocenters. The maximum absolute atomic E-state index is 14.7. The number of methoxy groups -OCH3 is 1. The number of carbonyl (C=O) groups excluding carboxylic acids is 1. The first kappa shape index (κ1) is 21.7. The van der Waals surface area contributed by atoms with Crippen molar-refractivity contribution in [3.8, 4) is 5.75 Å². The topological polar surface area (TPSA) is 67.9 Å². The fourth-order valence-electron chi connectivity index (χ4n) is 3.73. The fourth-order valence-corrected chi connectivity index (χ4v) is 5.10. The first-order chi connectivity index (χ1) is 14.9. The van der Waals surface area contributed by atoms with Gasteiger partial charge in [-0.2, -0.15) is 0 Å². The molecule has 2 aromatic carbocycles. The number of hydrogen-bond acceptors (Lipinski definition) is 6. The third kappa shape index (κ3) is 4.15. The summed E-state index contributed by atoms with van der Waals surface area (Å²) in [6.45, 7) is 0.247. The molecule has 0 saturated heterocycles. The quantitative estimate of drug-likeness (QED) is 0.521. The van der Waals surface area contributed by atoms with Crippen LogP contribution in [0.3, 0.4) is 0 Å². The highest BCUT2D eigenvalue weighted by Crippen LogP contribution is 2.33. The molecule has 1 aromatic heterocycles. The van der Waals surface area contributed by atoms with Crippen molar-refractivity contribution in [3.05, 3.63) is 80.2 Å². The van der Waals surface area contributed by atoms with Crippen LogP contribution in [-0.2, 0) is 0 Å². The molecule has 5 nitrogen and oxygen atoms in total. The third-order valence-electron chi connectivity index (χ3n) is 5.44. The van der Waals surface area contributed by atoms with E-state index in [4.69, 9.17) is 15.5 Å². The lowest BCUT2D eigenvalue weighted by Gasteiger charge is -2.32. The van der Waals surface area contributed by atoms with Crippen molar-refractivity contribution in [2.24, 2.45) is 10.7 Å². The summed E-state index contributed by atoms with van der Waals surface area (Å²) in [5.41, 5.74) is 8.93. The minimum atomic E-state index is -0.807. The molecule has 2 N–H and O–H groups in total. The van der Waals surface area contributed by atoms with Crippen LogP contribution in [0.1, 0.15) is 20.8 Å². The number of benzene rings is 2. The number of ketones is 1. The molecule has 0 fully saturated rings. The number of ether oxygens (including phenoxy) is 1. The Morgan fingerprint density at radius 2 is 2.03 bits per heavy atom.